The Balaban J connectivity index is 1.31. The van der Waals surface area contributed by atoms with Crippen LogP contribution >= 0.6 is 0 Å². The van der Waals surface area contributed by atoms with Gasteiger partial charge in [-0.2, -0.15) is 0 Å². The summed E-state index contributed by atoms with van der Waals surface area (Å²) in [4.78, 5) is 9.70. The maximum Gasteiger partial charge on any atom is 0.240 e. The van der Waals surface area contributed by atoms with Crippen LogP contribution in [0.4, 0.5) is 5.82 Å². The molecule has 0 radical (unpaired) electrons. The highest BCUT2D eigenvalue weighted by atomic mass is 32.2. The van der Waals surface area contributed by atoms with Crippen LogP contribution in [0, 0.1) is 0 Å². The lowest BCUT2D eigenvalue weighted by atomic mass is 10.1. The molecule has 7 nitrogen and oxygen atoms in total. The highest BCUT2D eigenvalue weighted by Gasteiger charge is 2.17. The monoisotopic (exact) mass is 501 g/mol. The second-order valence-electron chi connectivity index (χ2n) is 9.11. The van der Waals surface area contributed by atoms with E-state index in [2.05, 4.69) is 27.3 Å². The fourth-order valence-electron chi connectivity index (χ4n) is 4.69. The molecular weight excluding hydrogens is 470 g/mol. The third-order valence-electron chi connectivity index (χ3n) is 6.58. The number of aryl methyl sites for hydroxylation is 2. The molecule has 36 heavy (non-hydrogen) atoms. The topological polar surface area (TPSA) is 103 Å². The quantitative estimate of drug-likeness (QED) is 0.249. The molecule has 2 aromatic heterocycles. The van der Waals surface area contributed by atoms with Gasteiger partial charge in [0, 0.05) is 24.9 Å². The number of pyridine rings is 1. The number of hydrogen-bond donors (Lipinski definition) is 2. The molecule has 0 aliphatic rings. The van der Waals surface area contributed by atoms with Crippen molar-refractivity contribution in [1.82, 2.24) is 19.3 Å². The van der Waals surface area contributed by atoms with Crippen molar-refractivity contribution in [1.29, 1.82) is 0 Å². The zero-order valence-corrected chi connectivity index (χ0v) is 21.3. The van der Waals surface area contributed by atoms with Gasteiger partial charge in [0.1, 0.15) is 11.3 Å². The van der Waals surface area contributed by atoms with Crippen molar-refractivity contribution >= 4 is 48.5 Å². The number of para-hydroxylation sites is 1. The molecular formula is C28H31N5O2S. The zero-order valence-electron chi connectivity index (χ0n) is 20.4. The molecule has 0 saturated heterocycles. The van der Waals surface area contributed by atoms with Gasteiger partial charge < -0.3 is 10.3 Å². The molecule has 5 aromatic rings. The van der Waals surface area contributed by atoms with Crippen LogP contribution in [0.5, 0.6) is 0 Å². The molecule has 0 saturated carbocycles. The summed E-state index contributed by atoms with van der Waals surface area (Å²) in [6.07, 6.45) is 4.50. The van der Waals surface area contributed by atoms with Crippen molar-refractivity contribution in [2.75, 3.05) is 12.3 Å². The molecule has 0 fully saturated rings. The van der Waals surface area contributed by atoms with E-state index in [4.69, 9.17) is 10.7 Å². The Bertz CT molecular complexity index is 1640. The van der Waals surface area contributed by atoms with Crippen molar-refractivity contribution in [3.05, 3.63) is 72.6 Å². The first-order chi connectivity index (χ1) is 17.5. The van der Waals surface area contributed by atoms with Gasteiger partial charge in [-0.15, -0.1) is 0 Å². The Morgan fingerprint density at radius 2 is 1.69 bits per heavy atom. The molecule has 0 amide bonds. The van der Waals surface area contributed by atoms with Crippen LogP contribution in [0.15, 0.2) is 71.6 Å². The number of fused-ring (bicyclic) bond motifs is 4. The molecule has 3 N–H and O–H groups in total. The van der Waals surface area contributed by atoms with Crippen LogP contribution in [0.25, 0.3) is 32.7 Å². The molecule has 0 unspecified atom stereocenters. The molecule has 0 spiro atoms. The fraction of sp³-hybridized carbons (Fsp3) is 0.286. The summed E-state index contributed by atoms with van der Waals surface area (Å²) in [7, 11) is -3.57. The van der Waals surface area contributed by atoms with Crippen LogP contribution in [0.3, 0.4) is 0 Å². The Morgan fingerprint density at radius 3 is 2.53 bits per heavy atom. The third kappa shape index (κ3) is 4.79. The van der Waals surface area contributed by atoms with E-state index in [9.17, 15) is 8.42 Å². The molecule has 0 aliphatic heterocycles. The molecule has 5 rings (SSSR count). The van der Waals surface area contributed by atoms with E-state index in [1.807, 2.05) is 48.5 Å². The van der Waals surface area contributed by atoms with E-state index in [0.29, 0.717) is 18.8 Å². The van der Waals surface area contributed by atoms with Gasteiger partial charge in [-0.3, -0.25) is 0 Å². The molecule has 3 aromatic carbocycles. The van der Waals surface area contributed by atoms with Gasteiger partial charge in [0.15, 0.2) is 5.82 Å². The normalized spacial score (nSPS) is 12.1. The molecule has 186 valence electrons. The van der Waals surface area contributed by atoms with Gasteiger partial charge in [0.05, 0.1) is 15.9 Å². The summed E-state index contributed by atoms with van der Waals surface area (Å²) in [5.74, 6) is 1.46. The van der Waals surface area contributed by atoms with E-state index < -0.39 is 10.0 Å². The van der Waals surface area contributed by atoms with Gasteiger partial charge >= 0.3 is 0 Å². The maximum atomic E-state index is 12.9. The number of benzene rings is 3. The molecule has 2 heterocycles. The van der Waals surface area contributed by atoms with Crippen molar-refractivity contribution in [2.24, 2.45) is 0 Å². The number of aromatic nitrogens is 3. The van der Waals surface area contributed by atoms with Gasteiger partial charge in [-0.1, -0.05) is 61.9 Å². The van der Waals surface area contributed by atoms with Crippen molar-refractivity contribution in [2.45, 2.75) is 50.5 Å². The first-order valence-corrected chi connectivity index (χ1v) is 14.0. The second-order valence-corrected chi connectivity index (χ2v) is 10.9. The summed E-state index contributed by atoms with van der Waals surface area (Å²) in [5, 5.41) is 2.97. The number of sulfonamides is 1. The fourth-order valence-corrected chi connectivity index (χ4v) is 5.80. The number of nitrogens with zero attached hydrogens (tertiary/aromatic N) is 3. The Hall–Kier alpha value is -3.49. The number of unbranched alkanes of at least 4 members (excludes halogenated alkanes) is 2. The van der Waals surface area contributed by atoms with E-state index in [0.717, 1.165) is 70.8 Å². The smallest absolute Gasteiger partial charge is 0.240 e. The van der Waals surface area contributed by atoms with Gasteiger partial charge in [-0.05, 0) is 48.2 Å². The Kier molecular flexibility index (Phi) is 6.89. The predicted octanol–water partition coefficient (Wildman–Crippen LogP) is 5.42. The molecule has 0 atom stereocenters. The summed E-state index contributed by atoms with van der Waals surface area (Å²) >= 11 is 0. The minimum absolute atomic E-state index is 0.290. The SMILES string of the molecule is CCCCc1nc2c(N)nc3ccccc3c2n1CCCCNS(=O)(=O)c1ccc2ccccc2c1. The van der Waals surface area contributed by atoms with Gasteiger partial charge in [-0.25, -0.2) is 23.1 Å². The Morgan fingerprint density at radius 1 is 0.917 bits per heavy atom. The van der Waals surface area contributed by atoms with Crippen molar-refractivity contribution < 1.29 is 8.42 Å². The number of hydrogen-bond acceptors (Lipinski definition) is 5. The van der Waals surface area contributed by atoms with E-state index in [-0.39, 0.29) is 4.90 Å². The van der Waals surface area contributed by atoms with Crippen molar-refractivity contribution in [3.63, 3.8) is 0 Å². The van der Waals surface area contributed by atoms with Crippen LogP contribution in [0.1, 0.15) is 38.4 Å². The minimum atomic E-state index is -3.57. The Labute approximate surface area is 211 Å². The number of imidazole rings is 1. The second kappa shape index (κ2) is 10.2. The lowest BCUT2D eigenvalue weighted by Gasteiger charge is -2.12. The number of nitrogens with one attached hydrogen (secondary N) is 1. The predicted molar refractivity (Wildman–Crippen MR) is 146 cm³/mol. The number of nitrogen functional groups attached to an aromatic ring is 1. The van der Waals surface area contributed by atoms with Gasteiger partial charge in [0.2, 0.25) is 10.0 Å². The summed E-state index contributed by atoms with van der Waals surface area (Å²) in [6, 6.07) is 21.0. The first-order valence-electron chi connectivity index (χ1n) is 12.5. The average Bonchev–Trinajstić information content (AvgIpc) is 3.26. The van der Waals surface area contributed by atoms with E-state index in [1.165, 1.54) is 0 Å². The zero-order chi connectivity index (χ0) is 25.1. The minimum Gasteiger partial charge on any atom is -0.382 e. The molecule has 0 bridgehead atoms. The van der Waals surface area contributed by atoms with Crippen molar-refractivity contribution in [3.8, 4) is 0 Å². The number of anilines is 1. The van der Waals surface area contributed by atoms with Crippen LogP contribution < -0.4 is 10.5 Å². The third-order valence-corrected chi connectivity index (χ3v) is 8.03. The largest absolute Gasteiger partial charge is 0.382 e. The van der Waals surface area contributed by atoms with E-state index in [1.54, 1.807) is 12.1 Å². The highest BCUT2D eigenvalue weighted by Crippen LogP contribution is 2.29. The average molecular weight is 502 g/mol. The summed E-state index contributed by atoms with van der Waals surface area (Å²) in [6.45, 7) is 3.27. The maximum absolute atomic E-state index is 12.9. The lowest BCUT2D eigenvalue weighted by molar-refractivity contribution is 0.561. The number of nitrogens with two attached hydrogens (primary N) is 1. The summed E-state index contributed by atoms with van der Waals surface area (Å²) < 4.78 is 30.7. The van der Waals surface area contributed by atoms with Crippen LogP contribution in [-0.2, 0) is 23.0 Å². The van der Waals surface area contributed by atoms with Gasteiger partial charge in [0.25, 0.3) is 0 Å². The first kappa shape index (κ1) is 24.2. The lowest BCUT2D eigenvalue weighted by Crippen LogP contribution is -2.25. The molecule has 0 aliphatic carbocycles. The van der Waals surface area contributed by atoms with Crippen LogP contribution in [0.2, 0.25) is 0 Å². The number of rotatable bonds is 10. The highest BCUT2D eigenvalue weighted by molar-refractivity contribution is 7.89. The van der Waals surface area contributed by atoms with Crippen LogP contribution in [-0.4, -0.2) is 29.5 Å². The standard InChI is InChI=1S/C28H31N5O2S/c1-2-3-14-25-32-26-27(23-12-6-7-13-24(23)31-28(26)29)33(25)18-9-8-17-30-36(34,35)22-16-15-20-10-4-5-11-21(20)19-22/h4-7,10-13,15-16,19,30H,2-3,8-9,14,17-18H2,1H3,(H2,29,31). The van der Waals surface area contributed by atoms with E-state index >= 15 is 0 Å². The molecule has 8 heteroatoms. The summed E-state index contributed by atoms with van der Waals surface area (Å²) in [5.41, 5.74) is 8.90.